The van der Waals surface area contributed by atoms with Gasteiger partial charge in [0.1, 0.15) is 22.9 Å². The zero-order valence-corrected chi connectivity index (χ0v) is 15.5. The normalized spacial score (nSPS) is 25.2. The lowest BCUT2D eigenvalue weighted by molar-refractivity contribution is -0.142. The number of fused-ring (bicyclic) bond motifs is 1. The van der Waals surface area contributed by atoms with Crippen molar-refractivity contribution >= 4 is 41.0 Å². The summed E-state index contributed by atoms with van der Waals surface area (Å²) in [6.45, 7) is 2.19. The lowest BCUT2D eigenvalue weighted by Gasteiger charge is -2.29. The van der Waals surface area contributed by atoms with Gasteiger partial charge in [0.2, 0.25) is 0 Å². The van der Waals surface area contributed by atoms with Crippen LogP contribution in [0.5, 0.6) is 5.75 Å². The van der Waals surface area contributed by atoms with Crippen LogP contribution in [0.1, 0.15) is 12.5 Å². The van der Waals surface area contributed by atoms with Crippen molar-refractivity contribution in [3.63, 3.8) is 0 Å². The molecule has 3 rings (SSSR count). The van der Waals surface area contributed by atoms with Crippen LogP contribution in [0.25, 0.3) is 0 Å². The van der Waals surface area contributed by atoms with E-state index >= 15 is 0 Å². The van der Waals surface area contributed by atoms with Gasteiger partial charge in [-0.2, -0.15) is 0 Å². The molecule has 7 nitrogen and oxygen atoms in total. The Balaban J connectivity index is 1.84. The van der Waals surface area contributed by atoms with Crippen molar-refractivity contribution in [2.45, 2.75) is 25.0 Å². The number of carboxylic acids is 1. The maximum absolute atomic E-state index is 11.6. The Bertz CT molecular complexity index is 757. The molecule has 0 saturated carbocycles. The summed E-state index contributed by atoms with van der Waals surface area (Å²) in [7, 11) is 3.34. The summed E-state index contributed by atoms with van der Waals surface area (Å²) < 4.78 is 10.8. The molecular formula is C16H18Cl2N2O5. The number of benzene rings is 1. The van der Waals surface area contributed by atoms with Gasteiger partial charge in [-0.15, -0.1) is 0 Å². The Morgan fingerprint density at radius 2 is 2.12 bits per heavy atom. The molecule has 136 valence electrons. The molecular weight excluding hydrogens is 371 g/mol. The molecule has 2 aliphatic rings. The number of hydrogen-bond acceptors (Lipinski definition) is 5. The summed E-state index contributed by atoms with van der Waals surface area (Å²) >= 11 is 12.7. The summed E-state index contributed by atoms with van der Waals surface area (Å²) in [5, 5.41) is 10.0. The molecule has 1 aromatic carbocycles. The zero-order chi connectivity index (χ0) is 18.5. The smallest absolute Gasteiger partial charge is 0.410 e. The van der Waals surface area contributed by atoms with Gasteiger partial charge in [-0.1, -0.05) is 23.2 Å². The first-order valence-corrected chi connectivity index (χ1v) is 8.43. The zero-order valence-electron chi connectivity index (χ0n) is 14.0. The largest absolute Gasteiger partial charge is 0.488 e. The van der Waals surface area contributed by atoms with Gasteiger partial charge < -0.3 is 24.4 Å². The number of aliphatic carboxylic acids is 1. The van der Waals surface area contributed by atoms with Gasteiger partial charge in [0.25, 0.3) is 0 Å². The minimum atomic E-state index is -1.10. The minimum Gasteiger partial charge on any atom is -0.488 e. The Labute approximate surface area is 155 Å². The Kier molecular flexibility index (Phi) is 4.41. The maximum Gasteiger partial charge on any atom is 0.410 e. The van der Waals surface area contributed by atoms with E-state index in [1.54, 1.807) is 32.0 Å². The third kappa shape index (κ3) is 2.85. The topological polar surface area (TPSA) is 79.3 Å². The summed E-state index contributed by atoms with van der Waals surface area (Å²) in [4.78, 5) is 26.1. The number of carboxylic acid groups (broad SMARTS) is 1. The maximum atomic E-state index is 11.6. The third-order valence-corrected chi connectivity index (χ3v) is 5.70. The quantitative estimate of drug-likeness (QED) is 0.853. The monoisotopic (exact) mass is 388 g/mol. The number of anilines is 1. The van der Waals surface area contributed by atoms with Gasteiger partial charge in [0.15, 0.2) is 6.10 Å². The first-order valence-electron chi connectivity index (χ1n) is 7.67. The predicted molar refractivity (Wildman–Crippen MR) is 93.0 cm³/mol. The van der Waals surface area contributed by atoms with Gasteiger partial charge in [-0.05, 0) is 12.5 Å². The van der Waals surface area contributed by atoms with Gasteiger partial charge in [-0.25, -0.2) is 9.59 Å². The van der Waals surface area contributed by atoms with Crippen molar-refractivity contribution in [1.82, 2.24) is 4.90 Å². The summed E-state index contributed by atoms with van der Waals surface area (Å²) in [5.41, 5.74) is 0.241. The number of hydrogen-bond donors (Lipinski definition) is 1. The van der Waals surface area contributed by atoms with Gasteiger partial charge in [0.05, 0.1) is 11.6 Å². The van der Waals surface area contributed by atoms with Crippen LogP contribution in [0.3, 0.4) is 0 Å². The summed E-state index contributed by atoms with van der Waals surface area (Å²) in [6, 6.07) is 1.68. The first kappa shape index (κ1) is 17.9. The van der Waals surface area contributed by atoms with Crippen molar-refractivity contribution in [2.24, 2.45) is 0 Å². The number of rotatable bonds is 4. The van der Waals surface area contributed by atoms with Crippen LogP contribution in [0.2, 0.25) is 10.0 Å². The molecule has 1 amide bonds. The fraction of sp³-hybridized carbons (Fsp3) is 0.500. The number of amides is 1. The second-order valence-corrected chi connectivity index (χ2v) is 7.27. The molecule has 0 bridgehead atoms. The molecule has 2 atom stereocenters. The lowest BCUT2D eigenvalue weighted by Crippen LogP contribution is -2.48. The molecule has 0 spiro atoms. The molecule has 1 aromatic rings. The van der Waals surface area contributed by atoms with E-state index in [2.05, 4.69) is 0 Å². The van der Waals surface area contributed by atoms with Gasteiger partial charge in [0, 0.05) is 32.3 Å². The number of nitrogens with zero attached hydrogens (tertiary/aromatic N) is 2. The third-order valence-electron chi connectivity index (χ3n) is 4.82. The van der Waals surface area contributed by atoms with E-state index in [1.165, 1.54) is 4.90 Å². The Hall–Kier alpha value is -1.86. The summed E-state index contributed by atoms with van der Waals surface area (Å²) in [6.07, 6.45) is -0.552. The highest BCUT2D eigenvalue weighted by molar-refractivity contribution is 6.43. The van der Waals surface area contributed by atoms with Crippen LogP contribution in [0, 0.1) is 0 Å². The fourth-order valence-corrected chi connectivity index (χ4v) is 3.55. The molecule has 9 heteroatoms. The van der Waals surface area contributed by atoms with E-state index in [-0.39, 0.29) is 23.1 Å². The van der Waals surface area contributed by atoms with Crippen LogP contribution >= 0.6 is 23.2 Å². The van der Waals surface area contributed by atoms with Crippen molar-refractivity contribution in [3.8, 4) is 5.75 Å². The molecule has 2 unspecified atom stereocenters. The van der Waals surface area contributed by atoms with Crippen molar-refractivity contribution in [2.75, 3.05) is 32.1 Å². The number of carbonyl (C=O) groups excluding carboxylic acids is 1. The lowest BCUT2D eigenvalue weighted by atomic mass is 9.97. The van der Waals surface area contributed by atoms with Crippen LogP contribution < -0.4 is 9.64 Å². The molecule has 0 radical (unpaired) electrons. The van der Waals surface area contributed by atoms with Crippen LogP contribution in [0.15, 0.2) is 6.07 Å². The van der Waals surface area contributed by atoms with E-state index in [0.717, 1.165) is 0 Å². The van der Waals surface area contributed by atoms with Crippen LogP contribution in [-0.2, 0) is 16.0 Å². The molecule has 2 aliphatic heterocycles. The first-order chi connectivity index (χ1) is 11.6. The number of ether oxygens (including phenoxy) is 2. The number of cyclic esters (lactones) is 1. The average molecular weight is 389 g/mol. The molecule has 1 fully saturated rings. The molecule has 25 heavy (non-hydrogen) atoms. The van der Waals surface area contributed by atoms with E-state index in [0.29, 0.717) is 23.5 Å². The molecule has 0 aliphatic carbocycles. The molecule has 2 heterocycles. The average Bonchev–Trinajstić information content (AvgIpc) is 3.01. The Morgan fingerprint density at radius 1 is 1.44 bits per heavy atom. The standard InChI is InChI=1S/C16H18Cl2N2O5/c1-16(14(21)22)5-9-10(20(16)3)4-11(13(18)12(9)17)24-7-8-6-19(2)15(23)25-8/h4,8H,5-7H2,1-3H3,(H,21,22). The van der Waals surface area contributed by atoms with Crippen molar-refractivity contribution < 1.29 is 24.2 Å². The van der Waals surface area contributed by atoms with E-state index in [1.807, 2.05) is 0 Å². The predicted octanol–water partition coefficient (Wildman–Crippen LogP) is 2.66. The number of halogens is 2. The van der Waals surface area contributed by atoms with Crippen LogP contribution in [-0.4, -0.2) is 61.0 Å². The molecule has 1 N–H and O–H groups in total. The molecule has 1 saturated heterocycles. The van der Waals surface area contributed by atoms with E-state index < -0.39 is 23.7 Å². The Morgan fingerprint density at radius 3 is 2.68 bits per heavy atom. The summed E-state index contributed by atoms with van der Waals surface area (Å²) in [5.74, 6) is -0.612. The minimum absolute atomic E-state index is 0.130. The van der Waals surface area contributed by atoms with Crippen LogP contribution in [0.4, 0.5) is 10.5 Å². The fourth-order valence-electron chi connectivity index (χ4n) is 3.07. The van der Waals surface area contributed by atoms with Crippen molar-refractivity contribution in [1.29, 1.82) is 0 Å². The SMILES string of the molecule is CN1CC(COc2cc3c(c(Cl)c2Cl)CC(C)(C(=O)O)N3C)OC1=O. The van der Waals surface area contributed by atoms with Crippen molar-refractivity contribution in [3.05, 3.63) is 21.7 Å². The van der Waals surface area contributed by atoms with Gasteiger partial charge in [-0.3, -0.25) is 0 Å². The van der Waals surface area contributed by atoms with E-state index in [4.69, 9.17) is 32.7 Å². The highest BCUT2D eigenvalue weighted by Crippen LogP contribution is 2.48. The highest BCUT2D eigenvalue weighted by Gasteiger charge is 2.46. The second-order valence-electron chi connectivity index (χ2n) is 6.51. The number of likely N-dealkylation sites (N-methyl/N-ethyl adjacent to an activating group) is 2. The number of carbonyl (C=O) groups is 2. The molecule has 0 aromatic heterocycles. The van der Waals surface area contributed by atoms with E-state index in [9.17, 15) is 14.7 Å². The highest BCUT2D eigenvalue weighted by atomic mass is 35.5. The van der Waals surface area contributed by atoms with Gasteiger partial charge >= 0.3 is 12.1 Å². The second kappa shape index (κ2) is 6.14.